The van der Waals surface area contributed by atoms with E-state index >= 15 is 0 Å². The van der Waals surface area contributed by atoms with Crippen LogP contribution in [0.2, 0.25) is 0 Å². The lowest BCUT2D eigenvalue weighted by molar-refractivity contribution is 0.213. The fourth-order valence-electron chi connectivity index (χ4n) is 4.28. The van der Waals surface area contributed by atoms with E-state index in [1.165, 1.54) is 11.3 Å². The molecular formula is C24H28N2O3. The van der Waals surface area contributed by atoms with E-state index in [1.807, 2.05) is 24.3 Å². The summed E-state index contributed by atoms with van der Waals surface area (Å²) in [5, 5.41) is 0. The Bertz CT molecular complexity index is 966. The van der Waals surface area contributed by atoms with E-state index < -0.39 is 0 Å². The molecule has 1 aliphatic rings. The maximum absolute atomic E-state index is 5.73. The van der Waals surface area contributed by atoms with Gasteiger partial charge in [0.25, 0.3) is 0 Å². The molecule has 0 radical (unpaired) electrons. The summed E-state index contributed by atoms with van der Waals surface area (Å²) in [6, 6.07) is 18.8. The second kappa shape index (κ2) is 8.62. The number of benzene rings is 2. The van der Waals surface area contributed by atoms with E-state index in [0.717, 1.165) is 48.9 Å². The fourth-order valence-corrected chi connectivity index (χ4v) is 4.28. The molecule has 0 saturated heterocycles. The Kier molecular flexibility index (Phi) is 5.76. The number of rotatable bonds is 6. The molecule has 0 saturated carbocycles. The summed E-state index contributed by atoms with van der Waals surface area (Å²) in [5.41, 5.74) is 3.58. The molecule has 152 valence electrons. The van der Waals surface area contributed by atoms with Crippen LogP contribution >= 0.6 is 0 Å². The van der Waals surface area contributed by atoms with Crippen LogP contribution in [0.25, 0.3) is 0 Å². The first-order valence-corrected chi connectivity index (χ1v) is 9.98. The zero-order valence-electron chi connectivity index (χ0n) is 17.3. The number of aromatic nitrogens is 1. The first-order chi connectivity index (χ1) is 14.2. The minimum Gasteiger partial charge on any atom is -0.497 e. The molecule has 0 aliphatic carbocycles. The molecule has 1 aliphatic heterocycles. The van der Waals surface area contributed by atoms with Crippen LogP contribution < -0.4 is 14.2 Å². The molecule has 4 rings (SSSR count). The Morgan fingerprint density at radius 2 is 1.69 bits per heavy atom. The molecule has 0 amide bonds. The molecule has 29 heavy (non-hydrogen) atoms. The van der Waals surface area contributed by atoms with E-state index in [9.17, 15) is 0 Å². The van der Waals surface area contributed by atoms with E-state index in [4.69, 9.17) is 14.2 Å². The van der Waals surface area contributed by atoms with Crippen molar-refractivity contribution in [1.82, 2.24) is 9.47 Å². The first-order valence-electron chi connectivity index (χ1n) is 9.98. The smallest absolute Gasteiger partial charge is 0.124 e. The summed E-state index contributed by atoms with van der Waals surface area (Å²) in [6.45, 7) is 2.75. The highest BCUT2D eigenvalue weighted by molar-refractivity contribution is 5.43. The number of hydrogen-bond donors (Lipinski definition) is 0. The number of fused-ring (bicyclic) bond motifs is 1. The van der Waals surface area contributed by atoms with Gasteiger partial charge in [0, 0.05) is 42.7 Å². The minimum atomic E-state index is 0.0968. The van der Waals surface area contributed by atoms with Crippen LogP contribution in [0.5, 0.6) is 17.2 Å². The van der Waals surface area contributed by atoms with Crippen LogP contribution in [0.1, 0.15) is 29.3 Å². The topological polar surface area (TPSA) is 35.9 Å². The Labute approximate surface area is 172 Å². The van der Waals surface area contributed by atoms with Crippen molar-refractivity contribution < 1.29 is 14.2 Å². The summed E-state index contributed by atoms with van der Waals surface area (Å²) < 4.78 is 19.2. The average Bonchev–Trinajstić information content (AvgIpc) is 3.15. The van der Waals surface area contributed by atoms with Crippen molar-refractivity contribution in [3.05, 3.63) is 77.6 Å². The molecule has 5 nitrogen and oxygen atoms in total. The molecule has 0 spiro atoms. The van der Waals surface area contributed by atoms with Gasteiger partial charge >= 0.3 is 0 Å². The zero-order chi connectivity index (χ0) is 20.2. The van der Waals surface area contributed by atoms with Gasteiger partial charge in [-0.25, -0.2) is 0 Å². The average molecular weight is 392 g/mol. The molecule has 1 atom stereocenters. The highest BCUT2D eigenvalue weighted by Gasteiger charge is 2.30. The maximum atomic E-state index is 5.73. The molecule has 3 aromatic rings. The highest BCUT2D eigenvalue weighted by Crippen LogP contribution is 2.38. The zero-order valence-corrected chi connectivity index (χ0v) is 17.3. The van der Waals surface area contributed by atoms with Crippen LogP contribution in [-0.4, -0.2) is 37.3 Å². The molecule has 1 aromatic heterocycles. The number of ether oxygens (including phenoxy) is 3. The Morgan fingerprint density at radius 1 is 0.862 bits per heavy atom. The summed E-state index contributed by atoms with van der Waals surface area (Å²) >= 11 is 0. The van der Waals surface area contributed by atoms with Gasteiger partial charge in [0.2, 0.25) is 0 Å². The number of methoxy groups -OCH3 is 3. The van der Waals surface area contributed by atoms with Crippen molar-refractivity contribution in [3.8, 4) is 17.2 Å². The van der Waals surface area contributed by atoms with E-state index in [2.05, 4.69) is 46.0 Å². The van der Waals surface area contributed by atoms with Crippen molar-refractivity contribution in [2.45, 2.75) is 25.6 Å². The summed E-state index contributed by atoms with van der Waals surface area (Å²) in [7, 11) is 5.16. The normalized spacial score (nSPS) is 16.7. The molecule has 0 fully saturated rings. The highest BCUT2D eigenvalue weighted by atomic mass is 16.5. The van der Waals surface area contributed by atoms with Crippen molar-refractivity contribution >= 4 is 0 Å². The molecule has 0 N–H and O–H groups in total. The monoisotopic (exact) mass is 392 g/mol. The molecule has 1 unspecified atom stereocenters. The van der Waals surface area contributed by atoms with Gasteiger partial charge in [-0.15, -0.1) is 0 Å². The van der Waals surface area contributed by atoms with Gasteiger partial charge in [-0.2, -0.15) is 0 Å². The number of hydrogen-bond acceptors (Lipinski definition) is 4. The number of aryl methyl sites for hydroxylation is 1. The molecule has 2 heterocycles. The SMILES string of the molecule is COc1ccc(OC)c(CN2CCCn3cccc3C2c2ccccc2OC)c1. The van der Waals surface area contributed by atoms with Crippen molar-refractivity contribution in [2.24, 2.45) is 0 Å². The Balaban J connectivity index is 1.79. The lowest BCUT2D eigenvalue weighted by atomic mass is 9.99. The quantitative estimate of drug-likeness (QED) is 0.618. The van der Waals surface area contributed by atoms with Crippen molar-refractivity contribution in [2.75, 3.05) is 27.9 Å². The largest absolute Gasteiger partial charge is 0.497 e. The third kappa shape index (κ3) is 3.83. The van der Waals surface area contributed by atoms with Gasteiger partial charge in [-0.1, -0.05) is 18.2 Å². The number of nitrogens with zero attached hydrogens (tertiary/aromatic N) is 2. The minimum absolute atomic E-state index is 0.0968. The lowest BCUT2D eigenvalue weighted by Gasteiger charge is -2.32. The summed E-state index contributed by atoms with van der Waals surface area (Å²) in [4.78, 5) is 2.51. The van der Waals surface area contributed by atoms with Crippen LogP contribution in [0.15, 0.2) is 60.8 Å². The molecule has 5 heteroatoms. The third-order valence-electron chi connectivity index (χ3n) is 5.65. The van der Waals surface area contributed by atoms with E-state index in [1.54, 1.807) is 21.3 Å². The number of para-hydroxylation sites is 1. The first kappa shape index (κ1) is 19.4. The van der Waals surface area contributed by atoms with Gasteiger partial charge < -0.3 is 18.8 Å². The third-order valence-corrected chi connectivity index (χ3v) is 5.65. The molecule has 0 bridgehead atoms. The van der Waals surface area contributed by atoms with Crippen molar-refractivity contribution in [1.29, 1.82) is 0 Å². The van der Waals surface area contributed by atoms with Gasteiger partial charge in [0.15, 0.2) is 0 Å². The fraction of sp³-hybridized carbons (Fsp3) is 0.333. The maximum Gasteiger partial charge on any atom is 0.124 e. The van der Waals surface area contributed by atoms with Gasteiger partial charge in [-0.3, -0.25) is 4.90 Å². The van der Waals surface area contributed by atoms with Crippen LogP contribution in [0, 0.1) is 0 Å². The molecular weight excluding hydrogens is 364 g/mol. The second-order valence-corrected chi connectivity index (χ2v) is 7.27. The van der Waals surface area contributed by atoms with Crippen LogP contribution in [0.3, 0.4) is 0 Å². The second-order valence-electron chi connectivity index (χ2n) is 7.27. The standard InChI is InChI=1S/C24H28N2O3/c1-27-19-11-12-22(28-2)18(16-19)17-26-15-7-14-25-13-6-9-21(25)24(26)20-8-4-5-10-23(20)29-3/h4-6,8-13,16,24H,7,14-15,17H2,1-3H3. The Hall–Kier alpha value is -2.92. The lowest BCUT2D eigenvalue weighted by Crippen LogP contribution is -2.30. The van der Waals surface area contributed by atoms with Gasteiger partial charge in [0.05, 0.1) is 27.4 Å². The predicted octanol–water partition coefficient (Wildman–Crippen LogP) is 4.51. The van der Waals surface area contributed by atoms with E-state index in [-0.39, 0.29) is 6.04 Å². The Morgan fingerprint density at radius 3 is 2.48 bits per heavy atom. The van der Waals surface area contributed by atoms with Gasteiger partial charge in [0.1, 0.15) is 17.2 Å². The summed E-state index contributed by atoms with van der Waals surface area (Å²) in [5.74, 6) is 2.63. The van der Waals surface area contributed by atoms with Crippen molar-refractivity contribution in [3.63, 3.8) is 0 Å². The van der Waals surface area contributed by atoms with Crippen LogP contribution in [-0.2, 0) is 13.1 Å². The predicted molar refractivity (Wildman–Crippen MR) is 114 cm³/mol. The van der Waals surface area contributed by atoms with Crippen LogP contribution in [0.4, 0.5) is 0 Å². The summed E-state index contributed by atoms with van der Waals surface area (Å²) in [6.07, 6.45) is 3.26. The van der Waals surface area contributed by atoms with Gasteiger partial charge in [-0.05, 0) is 42.8 Å². The molecule has 2 aromatic carbocycles. The van der Waals surface area contributed by atoms with E-state index in [0.29, 0.717) is 0 Å².